The second-order valence-electron chi connectivity index (χ2n) is 7.16. The van der Waals surface area contributed by atoms with Crippen molar-refractivity contribution in [3.63, 3.8) is 0 Å². The minimum Gasteiger partial charge on any atom is -0.478 e. The van der Waals surface area contributed by atoms with E-state index in [1.165, 1.54) is 4.57 Å². The van der Waals surface area contributed by atoms with Gasteiger partial charge in [0.2, 0.25) is 0 Å². The van der Waals surface area contributed by atoms with Crippen LogP contribution in [0.3, 0.4) is 0 Å². The van der Waals surface area contributed by atoms with Gasteiger partial charge in [0.15, 0.2) is 0 Å². The molecule has 7 nitrogen and oxygen atoms in total. The van der Waals surface area contributed by atoms with Gasteiger partial charge in [-0.1, -0.05) is 61.5 Å². The van der Waals surface area contributed by atoms with Crippen LogP contribution in [0.15, 0.2) is 65.5 Å². The number of hydrogen-bond acceptors (Lipinski definition) is 4. The first kappa shape index (κ1) is 22.0. The molecule has 0 aliphatic heterocycles. The Bertz CT molecular complexity index is 1170. The topological polar surface area (TPSA) is 94.2 Å². The zero-order valence-electron chi connectivity index (χ0n) is 17.6. The summed E-state index contributed by atoms with van der Waals surface area (Å²) in [5, 5.41) is 13.7. The van der Waals surface area contributed by atoms with Crippen molar-refractivity contribution in [2.75, 3.05) is 0 Å². The van der Waals surface area contributed by atoms with Gasteiger partial charge in [-0.3, -0.25) is 9.36 Å². The molecule has 0 fully saturated rings. The van der Waals surface area contributed by atoms with Crippen LogP contribution in [0.5, 0.6) is 0 Å². The maximum absolute atomic E-state index is 12.8. The summed E-state index contributed by atoms with van der Waals surface area (Å²) in [5.74, 6) is -0.773. The average molecular weight is 419 g/mol. The van der Waals surface area contributed by atoms with Crippen LogP contribution in [0.1, 0.15) is 53.2 Å². The summed E-state index contributed by atoms with van der Waals surface area (Å²) >= 11 is 0. The van der Waals surface area contributed by atoms with Gasteiger partial charge in [0, 0.05) is 12.8 Å². The normalized spacial score (nSPS) is 11.2. The molecule has 0 radical (unpaired) electrons. The number of rotatable bonds is 8. The molecule has 3 rings (SSSR count). The molecule has 160 valence electrons. The summed E-state index contributed by atoms with van der Waals surface area (Å²) in [7, 11) is 0. The van der Waals surface area contributed by atoms with Gasteiger partial charge >= 0.3 is 11.7 Å². The third-order valence-electron chi connectivity index (χ3n) is 4.94. The molecular formula is C24H25N3O4. The Labute approximate surface area is 180 Å². The highest BCUT2D eigenvalue weighted by atomic mass is 16.4. The van der Waals surface area contributed by atoms with Gasteiger partial charge < -0.3 is 5.11 Å². The first-order chi connectivity index (χ1) is 15.0. The molecular weight excluding hydrogens is 394 g/mol. The molecule has 0 atom stereocenters. The van der Waals surface area contributed by atoms with E-state index < -0.39 is 11.7 Å². The number of benzene rings is 2. The van der Waals surface area contributed by atoms with Crippen molar-refractivity contribution in [3.05, 3.63) is 88.1 Å². The first-order valence-corrected chi connectivity index (χ1v) is 10.2. The first-order valence-electron chi connectivity index (χ1n) is 10.2. The number of carboxylic acid groups (broad SMARTS) is 1. The van der Waals surface area contributed by atoms with Gasteiger partial charge in [0.25, 0.3) is 5.91 Å². The molecule has 2 aromatic carbocycles. The predicted molar refractivity (Wildman–Crippen MR) is 118 cm³/mol. The zero-order valence-corrected chi connectivity index (χ0v) is 17.6. The highest BCUT2D eigenvalue weighted by Gasteiger charge is 2.17. The van der Waals surface area contributed by atoms with Crippen LogP contribution >= 0.6 is 0 Å². The molecule has 0 aliphatic carbocycles. The Morgan fingerprint density at radius 3 is 2.45 bits per heavy atom. The molecule has 1 aromatic heterocycles. The van der Waals surface area contributed by atoms with Gasteiger partial charge in [-0.15, -0.1) is 9.78 Å². The van der Waals surface area contributed by atoms with Gasteiger partial charge in [-0.05, 0) is 36.1 Å². The van der Waals surface area contributed by atoms with Gasteiger partial charge in [0.05, 0.1) is 12.1 Å². The molecule has 0 saturated heterocycles. The Balaban J connectivity index is 1.93. The lowest BCUT2D eigenvalue weighted by Gasteiger charge is -2.08. The molecule has 0 unspecified atom stereocenters. The van der Waals surface area contributed by atoms with E-state index in [1.807, 2.05) is 50.3 Å². The second kappa shape index (κ2) is 9.84. The van der Waals surface area contributed by atoms with Crippen molar-refractivity contribution in [1.29, 1.82) is 0 Å². The lowest BCUT2D eigenvalue weighted by Crippen LogP contribution is -2.30. The molecule has 0 bridgehead atoms. The molecule has 0 aliphatic rings. The number of aromatic nitrogens is 3. The summed E-state index contributed by atoms with van der Waals surface area (Å²) in [4.78, 5) is 36.6. The van der Waals surface area contributed by atoms with Crippen molar-refractivity contribution in [1.82, 2.24) is 14.3 Å². The number of carboxylic acids is 1. The lowest BCUT2D eigenvalue weighted by atomic mass is 9.99. The third kappa shape index (κ3) is 4.88. The fourth-order valence-corrected chi connectivity index (χ4v) is 3.35. The quantitative estimate of drug-likeness (QED) is 0.557. The highest BCUT2D eigenvalue weighted by molar-refractivity contribution is 5.96. The summed E-state index contributed by atoms with van der Waals surface area (Å²) < 4.78 is 2.47. The minimum absolute atomic E-state index is 0.232. The van der Waals surface area contributed by atoms with E-state index in [0.29, 0.717) is 24.2 Å². The molecule has 1 N–H and O–H groups in total. The average Bonchev–Trinajstić information content (AvgIpc) is 3.08. The van der Waals surface area contributed by atoms with E-state index in [0.717, 1.165) is 15.8 Å². The van der Waals surface area contributed by atoms with Crippen LogP contribution in [0, 0.1) is 0 Å². The van der Waals surface area contributed by atoms with E-state index in [1.54, 1.807) is 24.3 Å². The molecule has 3 aromatic rings. The van der Waals surface area contributed by atoms with Gasteiger partial charge in [-0.25, -0.2) is 9.59 Å². The molecule has 0 amide bonds. The van der Waals surface area contributed by atoms with Crippen LogP contribution in [-0.2, 0) is 13.0 Å². The van der Waals surface area contributed by atoms with E-state index in [4.69, 9.17) is 0 Å². The van der Waals surface area contributed by atoms with Crippen LogP contribution in [0.25, 0.3) is 11.1 Å². The smallest absolute Gasteiger partial charge is 0.353 e. The van der Waals surface area contributed by atoms with Crippen molar-refractivity contribution < 1.29 is 14.7 Å². The highest BCUT2D eigenvalue weighted by Crippen LogP contribution is 2.24. The summed E-state index contributed by atoms with van der Waals surface area (Å²) in [5.41, 5.74) is 2.04. The molecule has 1 heterocycles. The van der Waals surface area contributed by atoms with Crippen molar-refractivity contribution in [2.24, 2.45) is 0 Å². The number of carbonyl (C=O) groups excluding carboxylic acids is 1. The number of hydrogen-bond donors (Lipinski definition) is 1. The van der Waals surface area contributed by atoms with Crippen LogP contribution in [-0.4, -0.2) is 31.3 Å². The van der Waals surface area contributed by atoms with Gasteiger partial charge in [-0.2, -0.15) is 0 Å². The summed E-state index contributed by atoms with van der Waals surface area (Å²) in [6.07, 6.45) is 5.11. The Hall–Kier alpha value is -3.74. The Morgan fingerprint density at radius 2 is 1.81 bits per heavy atom. The van der Waals surface area contributed by atoms with Crippen molar-refractivity contribution >= 4 is 11.9 Å². The van der Waals surface area contributed by atoms with E-state index in [9.17, 15) is 19.5 Å². The molecule has 7 heteroatoms. The fraction of sp³-hybridized carbons (Fsp3) is 0.250. The van der Waals surface area contributed by atoms with E-state index >= 15 is 0 Å². The van der Waals surface area contributed by atoms with E-state index in [2.05, 4.69) is 5.10 Å². The second-order valence-corrected chi connectivity index (χ2v) is 7.16. The number of nitrogens with zero attached hydrogens (tertiary/aromatic N) is 3. The lowest BCUT2D eigenvalue weighted by molar-refractivity contribution is 0.0697. The maximum Gasteiger partial charge on any atom is 0.353 e. The maximum atomic E-state index is 12.8. The number of aromatic carboxylic acids is 1. The Morgan fingerprint density at radius 1 is 1.10 bits per heavy atom. The zero-order chi connectivity index (χ0) is 22.4. The van der Waals surface area contributed by atoms with Crippen molar-refractivity contribution in [2.45, 2.75) is 39.7 Å². The van der Waals surface area contributed by atoms with Gasteiger partial charge in [0.1, 0.15) is 5.82 Å². The van der Waals surface area contributed by atoms with Crippen LogP contribution < -0.4 is 5.69 Å². The minimum atomic E-state index is -0.982. The van der Waals surface area contributed by atoms with E-state index in [-0.39, 0.29) is 24.4 Å². The largest absolute Gasteiger partial charge is 0.478 e. The third-order valence-corrected chi connectivity index (χ3v) is 4.94. The molecule has 31 heavy (non-hydrogen) atoms. The monoisotopic (exact) mass is 419 g/mol. The Kier molecular flexibility index (Phi) is 6.97. The molecule has 0 spiro atoms. The molecule has 0 saturated carbocycles. The van der Waals surface area contributed by atoms with Crippen molar-refractivity contribution in [3.8, 4) is 11.1 Å². The summed E-state index contributed by atoms with van der Waals surface area (Å²) in [6, 6.07) is 14.2. The predicted octanol–water partition coefficient (Wildman–Crippen LogP) is 4.02. The van der Waals surface area contributed by atoms with Crippen LogP contribution in [0.2, 0.25) is 0 Å². The SMILES string of the molecule is CC=CCc1nn(C(=O)CCC)c(=O)n1Cc1ccc(-c2ccccc2C(=O)O)cc1. The fourth-order valence-electron chi connectivity index (χ4n) is 3.35. The standard InChI is InChI=1S/C24H25N3O4/c1-3-5-11-21-25-27(22(28)8-4-2)24(31)26(21)16-17-12-14-18(15-13-17)19-9-6-7-10-20(19)23(29)30/h3,5-7,9-10,12-15H,4,8,11,16H2,1-2H3,(H,29,30). The van der Waals surface area contributed by atoms with Crippen LogP contribution in [0.4, 0.5) is 0 Å². The number of carbonyl (C=O) groups is 2. The number of allylic oxidation sites excluding steroid dienone is 2. The summed E-state index contributed by atoms with van der Waals surface area (Å²) in [6.45, 7) is 4.03.